The molecule has 0 radical (unpaired) electrons. The largest absolute Gasteiger partial charge is 0.383 e. The van der Waals surface area contributed by atoms with Gasteiger partial charge in [-0.1, -0.05) is 29.3 Å². The number of pyridine rings is 2. The summed E-state index contributed by atoms with van der Waals surface area (Å²) in [6.07, 6.45) is 1.65. The second-order valence-electron chi connectivity index (χ2n) is 4.77. The lowest BCUT2D eigenvalue weighted by atomic mass is 10.0. The molecule has 0 aliphatic carbocycles. The zero-order chi connectivity index (χ0) is 16.4. The second kappa shape index (κ2) is 6.25. The Morgan fingerprint density at radius 1 is 1.00 bits per heavy atom. The van der Waals surface area contributed by atoms with Gasteiger partial charge in [0.25, 0.3) is 0 Å². The van der Waals surface area contributed by atoms with Crippen molar-refractivity contribution >= 4 is 29.0 Å². The molecule has 2 aromatic heterocycles. The molecular formula is C17H10Cl2N4. The Morgan fingerprint density at radius 2 is 1.83 bits per heavy atom. The predicted octanol–water partition coefficient (Wildman–Crippen LogP) is 4.57. The van der Waals surface area contributed by atoms with Gasteiger partial charge in [0.2, 0.25) is 0 Å². The summed E-state index contributed by atoms with van der Waals surface area (Å²) >= 11 is 12.3. The van der Waals surface area contributed by atoms with Gasteiger partial charge in [-0.3, -0.25) is 4.98 Å². The first kappa shape index (κ1) is 15.3. The smallest absolute Gasteiger partial charge is 0.142 e. The van der Waals surface area contributed by atoms with E-state index in [0.717, 1.165) is 0 Å². The minimum atomic E-state index is 0.127. The molecule has 2 heterocycles. The van der Waals surface area contributed by atoms with Crippen molar-refractivity contribution in [1.82, 2.24) is 9.97 Å². The van der Waals surface area contributed by atoms with Gasteiger partial charge in [0.05, 0.1) is 16.4 Å². The van der Waals surface area contributed by atoms with Crippen molar-refractivity contribution in [1.29, 1.82) is 5.26 Å². The lowest BCUT2D eigenvalue weighted by Gasteiger charge is -2.10. The van der Waals surface area contributed by atoms with Gasteiger partial charge in [0.1, 0.15) is 17.5 Å². The molecule has 1 aromatic carbocycles. The lowest BCUT2D eigenvalue weighted by molar-refractivity contribution is 1.27. The highest BCUT2D eigenvalue weighted by Gasteiger charge is 2.15. The van der Waals surface area contributed by atoms with Crippen LogP contribution in [0, 0.1) is 11.3 Å². The monoisotopic (exact) mass is 340 g/mol. The highest BCUT2D eigenvalue weighted by molar-refractivity contribution is 6.35. The molecule has 2 N–H and O–H groups in total. The Balaban J connectivity index is 2.27. The summed E-state index contributed by atoms with van der Waals surface area (Å²) in [6, 6.07) is 14.4. The van der Waals surface area contributed by atoms with E-state index in [2.05, 4.69) is 16.0 Å². The van der Waals surface area contributed by atoms with Crippen molar-refractivity contribution in [3.63, 3.8) is 0 Å². The molecule has 0 fully saturated rings. The van der Waals surface area contributed by atoms with Crippen molar-refractivity contribution in [2.24, 2.45) is 0 Å². The zero-order valence-corrected chi connectivity index (χ0v) is 13.3. The number of nitrogen functional groups attached to an aromatic ring is 1. The summed E-state index contributed by atoms with van der Waals surface area (Å²) in [5.74, 6) is 0.127. The molecule has 0 aliphatic rings. The van der Waals surface area contributed by atoms with Gasteiger partial charge in [-0.25, -0.2) is 4.98 Å². The molecule has 0 bridgehead atoms. The van der Waals surface area contributed by atoms with Gasteiger partial charge in [-0.2, -0.15) is 5.26 Å². The summed E-state index contributed by atoms with van der Waals surface area (Å²) in [6.45, 7) is 0. The number of nitriles is 1. The predicted molar refractivity (Wildman–Crippen MR) is 92.1 cm³/mol. The van der Waals surface area contributed by atoms with Crippen molar-refractivity contribution in [3.05, 3.63) is 64.3 Å². The van der Waals surface area contributed by atoms with Crippen molar-refractivity contribution < 1.29 is 0 Å². The van der Waals surface area contributed by atoms with E-state index in [1.165, 1.54) is 0 Å². The topological polar surface area (TPSA) is 75.6 Å². The number of hydrogen-bond donors (Lipinski definition) is 1. The molecule has 23 heavy (non-hydrogen) atoms. The third-order valence-electron chi connectivity index (χ3n) is 3.30. The maximum Gasteiger partial charge on any atom is 0.142 e. The summed E-state index contributed by atoms with van der Waals surface area (Å²) in [4.78, 5) is 8.57. The van der Waals surface area contributed by atoms with Crippen LogP contribution in [0.25, 0.3) is 22.5 Å². The Morgan fingerprint density at radius 3 is 2.52 bits per heavy atom. The fourth-order valence-corrected chi connectivity index (χ4v) is 2.62. The molecule has 0 aliphatic heterocycles. The van der Waals surface area contributed by atoms with E-state index in [9.17, 15) is 5.26 Å². The zero-order valence-electron chi connectivity index (χ0n) is 11.8. The molecule has 3 aromatic rings. The second-order valence-corrected chi connectivity index (χ2v) is 5.61. The number of nitrogens with zero attached hydrogens (tertiary/aromatic N) is 3. The summed E-state index contributed by atoms with van der Waals surface area (Å²) in [7, 11) is 0. The standard InChI is InChI=1S/C17H10Cl2N4/c18-10-4-5-14(19)12(7-10)16-8-11(13(9-20)17(21)23-16)15-3-1-2-6-22-15/h1-8H,(H2,21,23). The van der Waals surface area contributed by atoms with Crippen LogP contribution in [0.3, 0.4) is 0 Å². The number of halogens is 2. The van der Waals surface area contributed by atoms with Crippen molar-refractivity contribution in [2.75, 3.05) is 5.73 Å². The van der Waals surface area contributed by atoms with Crippen LogP contribution < -0.4 is 5.73 Å². The summed E-state index contributed by atoms with van der Waals surface area (Å²) in [5, 5.41) is 10.4. The number of rotatable bonds is 2. The molecule has 0 atom stereocenters. The van der Waals surface area contributed by atoms with Crippen LogP contribution >= 0.6 is 23.2 Å². The van der Waals surface area contributed by atoms with Gasteiger partial charge in [-0.15, -0.1) is 0 Å². The Kier molecular flexibility index (Phi) is 4.16. The Hall–Kier alpha value is -2.61. The van der Waals surface area contributed by atoms with E-state index in [1.807, 2.05) is 6.07 Å². The van der Waals surface area contributed by atoms with E-state index in [-0.39, 0.29) is 11.4 Å². The summed E-state index contributed by atoms with van der Waals surface area (Å²) < 4.78 is 0. The first-order valence-corrected chi connectivity index (χ1v) is 7.43. The number of nitrogens with two attached hydrogens (primary N) is 1. The van der Waals surface area contributed by atoms with E-state index in [4.69, 9.17) is 28.9 Å². The van der Waals surface area contributed by atoms with E-state index in [1.54, 1.807) is 42.6 Å². The maximum atomic E-state index is 9.38. The van der Waals surface area contributed by atoms with E-state index >= 15 is 0 Å². The van der Waals surface area contributed by atoms with Gasteiger partial charge in [0, 0.05) is 22.3 Å². The van der Waals surface area contributed by atoms with Gasteiger partial charge >= 0.3 is 0 Å². The first-order valence-electron chi connectivity index (χ1n) is 6.67. The molecule has 112 valence electrons. The molecule has 0 spiro atoms. The first-order chi connectivity index (χ1) is 11.1. The van der Waals surface area contributed by atoms with E-state index in [0.29, 0.717) is 32.6 Å². The van der Waals surface area contributed by atoms with Gasteiger partial charge in [-0.05, 0) is 36.4 Å². The molecule has 3 rings (SSSR count). The third kappa shape index (κ3) is 2.98. The molecule has 0 saturated carbocycles. The Bertz CT molecular complexity index is 918. The summed E-state index contributed by atoms with van der Waals surface area (Å²) in [5.41, 5.74) is 8.66. The average Bonchev–Trinajstić information content (AvgIpc) is 2.57. The quantitative estimate of drug-likeness (QED) is 0.741. The van der Waals surface area contributed by atoms with Gasteiger partial charge in [0.15, 0.2) is 0 Å². The highest BCUT2D eigenvalue weighted by Crippen LogP contribution is 2.34. The van der Waals surface area contributed by atoms with Crippen LogP contribution in [0.5, 0.6) is 0 Å². The maximum absolute atomic E-state index is 9.38. The normalized spacial score (nSPS) is 10.3. The van der Waals surface area contributed by atoms with Crippen LogP contribution in [0.15, 0.2) is 48.7 Å². The SMILES string of the molecule is N#Cc1c(-c2ccccn2)cc(-c2cc(Cl)ccc2Cl)nc1N. The van der Waals surface area contributed by atoms with Crippen molar-refractivity contribution in [3.8, 4) is 28.6 Å². The molecule has 6 heteroatoms. The fraction of sp³-hybridized carbons (Fsp3) is 0. The highest BCUT2D eigenvalue weighted by atomic mass is 35.5. The van der Waals surface area contributed by atoms with Crippen LogP contribution in [0.2, 0.25) is 10.0 Å². The molecule has 0 unspecified atom stereocenters. The van der Waals surface area contributed by atoms with Crippen LogP contribution in [-0.4, -0.2) is 9.97 Å². The number of aromatic nitrogens is 2. The van der Waals surface area contributed by atoms with Gasteiger partial charge < -0.3 is 5.73 Å². The minimum Gasteiger partial charge on any atom is -0.383 e. The van der Waals surface area contributed by atoms with Crippen LogP contribution in [-0.2, 0) is 0 Å². The van der Waals surface area contributed by atoms with E-state index < -0.39 is 0 Å². The Labute approximate surface area is 143 Å². The van der Waals surface area contributed by atoms with Crippen LogP contribution in [0.1, 0.15) is 5.56 Å². The average molecular weight is 341 g/mol. The fourth-order valence-electron chi connectivity index (χ4n) is 2.24. The molecule has 0 saturated heterocycles. The minimum absolute atomic E-state index is 0.127. The number of hydrogen-bond acceptors (Lipinski definition) is 4. The third-order valence-corrected chi connectivity index (χ3v) is 3.87. The molecular weight excluding hydrogens is 331 g/mol. The molecule has 0 amide bonds. The van der Waals surface area contributed by atoms with Crippen molar-refractivity contribution in [2.45, 2.75) is 0 Å². The lowest BCUT2D eigenvalue weighted by Crippen LogP contribution is -2.00. The number of anilines is 1. The molecule has 4 nitrogen and oxygen atoms in total. The van der Waals surface area contributed by atoms with Crippen LogP contribution in [0.4, 0.5) is 5.82 Å². The number of benzene rings is 1.